The van der Waals surface area contributed by atoms with Gasteiger partial charge in [0.15, 0.2) is 0 Å². The molecule has 0 aliphatic carbocycles. The average Bonchev–Trinajstić information content (AvgIpc) is 2.53. The number of sulfonamides is 1. The summed E-state index contributed by atoms with van der Waals surface area (Å²) in [7, 11) is -2.88. The predicted molar refractivity (Wildman–Crippen MR) is 85.8 cm³/mol. The number of carboxylic acid groups (broad SMARTS) is 1. The van der Waals surface area contributed by atoms with Crippen molar-refractivity contribution in [3.8, 4) is 0 Å². The van der Waals surface area contributed by atoms with Gasteiger partial charge in [-0.2, -0.15) is 13.9 Å². The van der Waals surface area contributed by atoms with Gasteiger partial charge >= 0.3 is 22.0 Å². The number of hydroxylamine groups is 1. The zero-order valence-corrected chi connectivity index (χ0v) is 14.5. The summed E-state index contributed by atoms with van der Waals surface area (Å²) in [5.74, 6) is -0.923. The van der Waals surface area contributed by atoms with Gasteiger partial charge in [-0.05, 0) is 38.3 Å². The Hall–Kier alpha value is -1.97. The van der Waals surface area contributed by atoms with Crippen LogP contribution in [0.2, 0.25) is 0 Å². The molecule has 2 amide bonds. The predicted octanol–water partition coefficient (Wildman–Crippen LogP) is 1.87. The highest BCUT2D eigenvalue weighted by atomic mass is 32.2. The van der Waals surface area contributed by atoms with Gasteiger partial charge in [-0.1, -0.05) is 17.7 Å². The molecule has 0 saturated carbocycles. The summed E-state index contributed by atoms with van der Waals surface area (Å²) in [6.45, 7) is 1.73. The molecule has 1 unspecified atom stereocenters. The van der Waals surface area contributed by atoms with Gasteiger partial charge in [0.2, 0.25) is 0 Å². The van der Waals surface area contributed by atoms with Crippen molar-refractivity contribution in [2.75, 3.05) is 13.6 Å². The topological polar surface area (TPSA) is 121 Å². The van der Waals surface area contributed by atoms with Gasteiger partial charge in [0.1, 0.15) is 11.4 Å². The Labute approximate surface area is 141 Å². The lowest BCUT2D eigenvalue weighted by atomic mass is 10.2. The van der Waals surface area contributed by atoms with Crippen LogP contribution in [0, 0.1) is 6.92 Å². The van der Waals surface area contributed by atoms with Crippen molar-refractivity contribution < 1.29 is 32.2 Å². The van der Waals surface area contributed by atoms with Crippen LogP contribution < -0.4 is 5.48 Å². The normalized spacial score (nSPS) is 14.0. The number of rotatable bonds is 8. The average molecular weight is 359 g/mol. The number of carboxylic acids is 1. The molecular formula is C15H23N2O6S+. The Morgan fingerprint density at radius 1 is 1.12 bits per heavy atom. The molecule has 0 saturated heterocycles. The maximum Gasteiger partial charge on any atom is 0.455 e. The fourth-order valence-corrected chi connectivity index (χ4v) is 3.82. The van der Waals surface area contributed by atoms with Crippen LogP contribution >= 0.6 is 0 Å². The van der Waals surface area contributed by atoms with E-state index in [2.05, 4.69) is 0 Å². The molecule has 24 heavy (non-hydrogen) atoms. The molecule has 1 aromatic rings. The summed E-state index contributed by atoms with van der Waals surface area (Å²) in [5, 5.41) is 17.5. The minimum absolute atomic E-state index is 0.0133. The summed E-state index contributed by atoms with van der Waals surface area (Å²) >= 11 is 0. The largest absolute Gasteiger partial charge is 0.481 e. The first-order chi connectivity index (χ1) is 11.1. The molecule has 0 aliphatic heterocycles. The monoisotopic (exact) mass is 359 g/mol. The van der Waals surface area contributed by atoms with Crippen LogP contribution in [0.5, 0.6) is 0 Å². The number of nitrogens with zero attached hydrogens (tertiary/aromatic N) is 1. The number of hydrogen-bond donors (Lipinski definition) is 3. The van der Waals surface area contributed by atoms with Crippen LogP contribution in [-0.2, 0) is 14.8 Å². The maximum atomic E-state index is 12.8. The zero-order valence-electron chi connectivity index (χ0n) is 13.7. The highest BCUT2D eigenvalue weighted by Crippen LogP contribution is 2.24. The lowest BCUT2D eigenvalue weighted by molar-refractivity contribution is -0.700. The summed E-state index contributed by atoms with van der Waals surface area (Å²) in [6, 6.07) is 5.02. The number of quaternary nitrogens is 1. The third kappa shape index (κ3) is 4.53. The number of hydrogen-bond acceptors (Lipinski definition) is 5. The summed E-state index contributed by atoms with van der Waals surface area (Å²) in [6.07, 6.45) is 1.16. The fourth-order valence-electron chi connectivity index (χ4n) is 2.25. The molecule has 9 heteroatoms. The van der Waals surface area contributed by atoms with Gasteiger partial charge in [0.25, 0.3) is 0 Å². The first kappa shape index (κ1) is 20.1. The standard InChI is InChI=1S/C15H22N2O6S/c1-12-7-9-13(10-8-12)24(22,23)17(2,15(20)16-21)11-5-3-4-6-14(18)19/h7-10H,3-6,11H2,1-2H3,(H2-,16,18,19,20,21)/p+1. The van der Waals surface area contributed by atoms with E-state index in [1.165, 1.54) is 24.7 Å². The molecular weight excluding hydrogens is 336 g/mol. The minimum Gasteiger partial charge on any atom is -0.481 e. The Morgan fingerprint density at radius 3 is 2.21 bits per heavy atom. The van der Waals surface area contributed by atoms with E-state index in [4.69, 9.17) is 10.3 Å². The lowest BCUT2D eigenvalue weighted by Gasteiger charge is -2.29. The molecule has 3 N–H and O–H groups in total. The van der Waals surface area contributed by atoms with Crippen LogP contribution in [0.25, 0.3) is 0 Å². The zero-order chi connectivity index (χ0) is 18.4. The quantitative estimate of drug-likeness (QED) is 0.282. The van der Waals surface area contributed by atoms with Gasteiger partial charge < -0.3 is 5.11 Å². The van der Waals surface area contributed by atoms with E-state index < -0.39 is 25.9 Å². The van der Waals surface area contributed by atoms with Crippen LogP contribution in [0.1, 0.15) is 31.2 Å². The maximum absolute atomic E-state index is 12.8. The van der Waals surface area contributed by atoms with Crippen molar-refractivity contribution in [1.29, 1.82) is 0 Å². The smallest absolute Gasteiger partial charge is 0.455 e. The van der Waals surface area contributed by atoms with Crippen molar-refractivity contribution in [3.63, 3.8) is 0 Å². The number of nitrogens with one attached hydrogen (secondary N) is 1. The van der Waals surface area contributed by atoms with E-state index >= 15 is 0 Å². The lowest BCUT2D eigenvalue weighted by Crippen LogP contribution is -2.57. The van der Waals surface area contributed by atoms with Gasteiger partial charge in [0.05, 0.1) is 7.05 Å². The molecule has 0 heterocycles. The Morgan fingerprint density at radius 2 is 1.71 bits per heavy atom. The Bertz CT molecular complexity index is 686. The van der Waals surface area contributed by atoms with Crippen LogP contribution in [-0.4, -0.2) is 48.2 Å². The van der Waals surface area contributed by atoms with E-state index in [9.17, 15) is 18.0 Å². The summed E-state index contributed by atoms with van der Waals surface area (Å²) < 4.78 is 24.6. The van der Waals surface area contributed by atoms with Crippen molar-refractivity contribution in [2.45, 2.75) is 37.5 Å². The molecule has 8 nitrogen and oxygen atoms in total. The fraction of sp³-hybridized carbons (Fsp3) is 0.467. The second kappa shape index (κ2) is 8.22. The van der Waals surface area contributed by atoms with E-state index in [1.807, 2.05) is 6.92 Å². The number of benzene rings is 1. The van der Waals surface area contributed by atoms with Crippen molar-refractivity contribution in [1.82, 2.24) is 5.48 Å². The molecule has 1 aromatic carbocycles. The highest BCUT2D eigenvalue weighted by Gasteiger charge is 2.46. The van der Waals surface area contributed by atoms with E-state index in [0.29, 0.717) is 19.3 Å². The highest BCUT2D eigenvalue weighted by molar-refractivity contribution is 7.86. The Kier molecular flexibility index (Phi) is 6.88. The number of amides is 2. The number of urea groups is 1. The number of aryl methyl sites for hydroxylation is 1. The van der Waals surface area contributed by atoms with Crippen LogP contribution in [0.4, 0.5) is 4.79 Å². The number of carbonyl (C=O) groups excluding carboxylic acids is 1. The van der Waals surface area contributed by atoms with Crippen LogP contribution in [0.15, 0.2) is 29.2 Å². The third-order valence-corrected chi connectivity index (χ3v) is 6.13. The van der Waals surface area contributed by atoms with Gasteiger partial charge in [0, 0.05) is 6.42 Å². The number of aliphatic carboxylic acids is 1. The van der Waals surface area contributed by atoms with E-state index in [0.717, 1.165) is 5.56 Å². The second-order valence-electron chi connectivity index (χ2n) is 5.73. The third-order valence-electron chi connectivity index (χ3n) is 3.85. The molecule has 0 radical (unpaired) electrons. The molecule has 1 rings (SSSR count). The second-order valence-corrected chi connectivity index (χ2v) is 7.96. The number of unbranched alkanes of at least 4 members (excludes halogenated alkanes) is 2. The SMILES string of the molecule is Cc1ccc(S(=O)(=O)[N+](C)(CCCCCC(=O)O)C(=O)NO)cc1. The minimum atomic E-state index is -4.08. The van der Waals surface area contributed by atoms with Gasteiger partial charge in [-0.15, -0.1) is 3.89 Å². The van der Waals surface area contributed by atoms with Gasteiger partial charge in [-0.3, -0.25) is 10.0 Å². The molecule has 0 fully saturated rings. The first-order valence-corrected chi connectivity index (χ1v) is 8.93. The van der Waals surface area contributed by atoms with Crippen molar-refractivity contribution in [2.24, 2.45) is 0 Å². The molecule has 1 atom stereocenters. The first-order valence-electron chi connectivity index (χ1n) is 7.49. The molecule has 134 valence electrons. The molecule has 0 spiro atoms. The summed E-state index contributed by atoms with van der Waals surface area (Å²) in [5.41, 5.74) is 2.29. The van der Waals surface area contributed by atoms with Crippen molar-refractivity contribution in [3.05, 3.63) is 29.8 Å². The van der Waals surface area contributed by atoms with Gasteiger partial charge in [-0.25, -0.2) is 4.79 Å². The number of carbonyl (C=O) groups is 2. The van der Waals surface area contributed by atoms with E-state index in [-0.39, 0.29) is 17.9 Å². The van der Waals surface area contributed by atoms with E-state index in [1.54, 1.807) is 12.1 Å². The summed E-state index contributed by atoms with van der Waals surface area (Å²) in [4.78, 5) is 22.5. The Balaban J connectivity index is 2.99. The molecule has 0 bridgehead atoms. The van der Waals surface area contributed by atoms with Crippen molar-refractivity contribution >= 4 is 22.0 Å². The van der Waals surface area contributed by atoms with Crippen LogP contribution in [0.3, 0.4) is 0 Å². The molecule has 0 aliphatic rings. The molecule has 0 aromatic heterocycles.